The van der Waals surface area contributed by atoms with Crippen LogP contribution in [-0.2, 0) is 0 Å². The SMILES string of the molecule is CCCOc1cccc(NC(C)c2ccc(C)cc2O)c1. The van der Waals surface area contributed by atoms with Crippen molar-refractivity contribution >= 4 is 5.69 Å². The molecule has 1 unspecified atom stereocenters. The summed E-state index contributed by atoms with van der Waals surface area (Å²) in [5, 5.41) is 13.4. The average Bonchev–Trinajstić information content (AvgIpc) is 2.45. The third-order valence-electron chi connectivity index (χ3n) is 3.34. The van der Waals surface area contributed by atoms with Gasteiger partial charge in [-0.3, -0.25) is 0 Å². The Morgan fingerprint density at radius 3 is 2.71 bits per heavy atom. The molecule has 0 fully saturated rings. The normalized spacial score (nSPS) is 12.0. The molecule has 0 bridgehead atoms. The van der Waals surface area contributed by atoms with Gasteiger partial charge < -0.3 is 15.2 Å². The molecule has 0 heterocycles. The minimum Gasteiger partial charge on any atom is -0.508 e. The third-order valence-corrected chi connectivity index (χ3v) is 3.34. The fourth-order valence-corrected chi connectivity index (χ4v) is 2.24. The van der Waals surface area contributed by atoms with Crippen molar-refractivity contribution in [1.82, 2.24) is 0 Å². The number of anilines is 1. The number of hydrogen-bond donors (Lipinski definition) is 2. The Balaban J connectivity index is 2.10. The van der Waals surface area contributed by atoms with Crippen molar-refractivity contribution in [3.8, 4) is 11.5 Å². The fourth-order valence-electron chi connectivity index (χ4n) is 2.24. The van der Waals surface area contributed by atoms with E-state index >= 15 is 0 Å². The quantitative estimate of drug-likeness (QED) is 0.811. The maximum atomic E-state index is 10.0. The predicted molar refractivity (Wildman–Crippen MR) is 87.1 cm³/mol. The fraction of sp³-hybridized carbons (Fsp3) is 0.333. The van der Waals surface area contributed by atoms with Gasteiger partial charge in [0.25, 0.3) is 0 Å². The number of phenolic OH excluding ortho intramolecular Hbond substituents is 1. The molecule has 0 amide bonds. The van der Waals surface area contributed by atoms with E-state index in [9.17, 15) is 5.11 Å². The number of phenols is 1. The Hall–Kier alpha value is -2.16. The van der Waals surface area contributed by atoms with E-state index in [2.05, 4.69) is 12.2 Å². The van der Waals surface area contributed by atoms with Gasteiger partial charge in [-0.05, 0) is 44.0 Å². The standard InChI is InChI=1S/C18H23NO2/c1-4-10-21-16-7-5-6-15(12-16)19-14(3)17-9-8-13(2)11-18(17)20/h5-9,11-12,14,19-20H,4,10H2,1-3H3. The summed E-state index contributed by atoms with van der Waals surface area (Å²) in [5.74, 6) is 1.19. The molecule has 112 valence electrons. The molecular formula is C18H23NO2. The minimum atomic E-state index is 0.0204. The first kappa shape index (κ1) is 15.2. The van der Waals surface area contributed by atoms with Crippen molar-refractivity contribution in [3.63, 3.8) is 0 Å². The Morgan fingerprint density at radius 1 is 1.19 bits per heavy atom. The van der Waals surface area contributed by atoms with Gasteiger partial charge in [0.1, 0.15) is 11.5 Å². The Bertz CT molecular complexity index is 596. The van der Waals surface area contributed by atoms with Crippen molar-refractivity contribution < 1.29 is 9.84 Å². The van der Waals surface area contributed by atoms with Gasteiger partial charge in [0, 0.05) is 17.3 Å². The van der Waals surface area contributed by atoms with E-state index in [1.54, 1.807) is 6.07 Å². The van der Waals surface area contributed by atoms with Crippen molar-refractivity contribution in [2.24, 2.45) is 0 Å². The van der Waals surface area contributed by atoms with Crippen molar-refractivity contribution in [2.75, 3.05) is 11.9 Å². The maximum Gasteiger partial charge on any atom is 0.121 e. The summed E-state index contributed by atoms with van der Waals surface area (Å²) in [6.07, 6.45) is 0.991. The summed E-state index contributed by atoms with van der Waals surface area (Å²) in [7, 11) is 0. The van der Waals surface area contributed by atoms with Crippen LogP contribution in [0.4, 0.5) is 5.69 Å². The van der Waals surface area contributed by atoms with Gasteiger partial charge in [-0.15, -0.1) is 0 Å². The minimum absolute atomic E-state index is 0.0204. The first-order valence-corrected chi connectivity index (χ1v) is 7.39. The van der Waals surface area contributed by atoms with Crippen molar-refractivity contribution in [2.45, 2.75) is 33.2 Å². The molecular weight excluding hydrogens is 262 g/mol. The number of aryl methyl sites for hydroxylation is 1. The number of rotatable bonds is 6. The highest BCUT2D eigenvalue weighted by atomic mass is 16.5. The number of benzene rings is 2. The third kappa shape index (κ3) is 4.15. The largest absolute Gasteiger partial charge is 0.508 e. The topological polar surface area (TPSA) is 41.5 Å². The summed E-state index contributed by atoms with van der Waals surface area (Å²) >= 11 is 0. The van der Waals surface area contributed by atoms with Gasteiger partial charge in [-0.25, -0.2) is 0 Å². The second-order valence-electron chi connectivity index (χ2n) is 5.30. The van der Waals surface area contributed by atoms with Crippen LogP contribution in [-0.4, -0.2) is 11.7 Å². The molecule has 0 aliphatic rings. The zero-order valence-corrected chi connectivity index (χ0v) is 12.9. The van der Waals surface area contributed by atoms with E-state index in [0.29, 0.717) is 5.75 Å². The lowest BCUT2D eigenvalue weighted by atomic mass is 10.0. The smallest absolute Gasteiger partial charge is 0.121 e. The first-order chi connectivity index (χ1) is 10.1. The summed E-state index contributed by atoms with van der Waals surface area (Å²) in [6.45, 7) is 6.81. The summed E-state index contributed by atoms with van der Waals surface area (Å²) in [5.41, 5.74) is 2.93. The highest BCUT2D eigenvalue weighted by molar-refractivity contribution is 5.51. The van der Waals surface area contributed by atoms with Crippen LogP contribution in [0, 0.1) is 6.92 Å². The molecule has 2 aromatic carbocycles. The van der Waals surface area contributed by atoms with Gasteiger partial charge in [-0.2, -0.15) is 0 Å². The van der Waals surface area contributed by atoms with Crippen LogP contribution in [0.15, 0.2) is 42.5 Å². The molecule has 2 N–H and O–H groups in total. The van der Waals surface area contributed by atoms with E-state index in [1.807, 2.05) is 50.2 Å². The molecule has 0 spiro atoms. The van der Waals surface area contributed by atoms with Crippen LogP contribution < -0.4 is 10.1 Å². The number of nitrogens with one attached hydrogen (secondary N) is 1. The maximum absolute atomic E-state index is 10.0. The Morgan fingerprint density at radius 2 is 2.00 bits per heavy atom. The van der Waals surface area contributed by atoms with Gasteiger partial charge in [0.05, 0.1) is 12.6 Å². The summed E-state index contributed by atoms with van der Waals surface area (Å²) in [6, 6.07) is 13.7. The van der Waals surface area contributed by atoms with Gasteiger partial charge in [-0.1, -0.05) is 25.1 Å². The molecule has 0 saturated carbocycles. The highest BCUT2D eigenvalue weighted by Crippen LogP contribution is 2.28. The number of ether oxygens (including phenoxy) is 1. The lowest BCUT2D eigenvalue weighted by molar-refractivity contribution is 0.317. The molecule has 1 atom stereocenters. The molecule has 2 rings (SSSR count). The van der Waals surface area contributed by atoms with E-state index < -0.39 is 0 Å². The molecule has 0 radical (unpaired) electrons. The first-order valence-electron chi connectivity index (χ1n) is 7.39. The van der Waals surface area contributed by atoms with E-state index in [1.165, 1.54) is 0 Å². The second kappa shape index (κ2) is 7.02. The summed E-state index contributed by atoms with van der Waals surface area (Å²) < 4.78 is 5.63. The van der Waals surface area contributed by atoms with E-state index in [-0.39, 0.29) is 6.04 Å². The zero-order chi connectivity index (χ0) is 15.2. The number of hydrogen-bond acceptors (Lipinski definition) is 3. The molecule has 0 aliphatic heterocycles. The zero-order valence-electron chi connectivity index (χ0n) is 12.9. The molecule has 2 aromatic rings. The number of aromatic hydroxyl groups is 1. The van der Waals surface area contributed by atoms with Crippen molar-refractivity contribution in [3.05, 3.63) is 53.6 Å². The molecule has 3 heteroatoms. The second-order valence-corrected chi connectivity index (χ2v) is 5.30. The molecule has 0 saturated heterocycles. The van der Waals surface area contributed by atoms with Crippen LogP contribution in [0.5, 0.6) is 11.5 Å². The van der Waals surface area contributed by atoms with Crippen LogP contribution in [0.25, 0.3) is 0 Å². The molecule has 0 aliphatic carbocycles. The average molecular weight is 285 g/mol. The van der Waals surface area contributed by atoms with Crippen molar-refractivity contribution in [1.29, 1.82) is 0 Å². The lowest BCUT2D eigenvalue weighted by Gasteiger charge is -2.18. The molecule has 21 heavy (non-hydrogen) atoms. The highest BCUT2D eigenvalue weighted by Gasteiger charge is 2.10. The van der Waals surface area contributed by atoms with Crippen LogP contribution >= 0.6 is 0 Å². The van der Waals surface area contributed by atoms with Gasteiger partial charge in [0.15, 0.2) is 0 Å². The van der Waals surface area contributed by atoms with Crippen LogP contribution in [0.1, 0.15) is 37.4 Å². The lowest BCUT2D eigenvalue weighted by Crippen LogP contribution is -2.07. The van der Waals surface area contributed by atoms with Gasteiger partial charge in [0.2, 0.25) is 0 Å². The monoisotopic (exact) mass is 285 g/mol. The van der Waals surface area contributed by atoms with Gasteiger partial charge >= 0.3 is 0 Å². The molecule has 0 aromatic heterocycles. The Labute approximate surface area is 126 Å². The van der Waals surface area contributed by atoms with Crippen LogP contribution in [0.3, 0.4) is 0 Å². The Kier molecular flexibility index (Phi) is 5.09. The summed E-state index contributed by atoms with van der Waals surface area (Å²) in [4.78, 5) is 0. The molecule has 3 nitrogen and oxygen atoms in total. The van der Waals surface area contributed by atoms with Crippen LogP contribution in [0.2, 0.25) is 0 Å². The van der Waals surface area contributed by atoms with E-state index in [4.69, 9.17) is 4.74 Å². The predicted octanol–water partition coefficient (Wildman–Crippen LogP) is 4.66. The van der Waals surface area contributed by atoms with E-state index in [0.717, 1.165) is 35.6 Å².